The molecule has 1 aliphatic rings. The summed E-state index contributed by atoms with van der Waals surface area (Å²) in [5.41, 5.74) is 13.1. The topological polar surface area (TPSA) is 106 Å². The number of nitrogen functional groups attached to an aromatic ring is 1. The summed E-state index contributed by atoms with van der Waals surface area (Å²) >= 11 is 0. The van der Waals surface area contributed by atoms with Crippen molar-refractivity contribution in [3.8, 4) is 11.5 Å². The van der Waals surface area contributed by atoms with E-state index in [1.54, 1.807) is 6.08 Å². The highest BCUT2D eigenvalue weighted by Crippen LogP contribution is 2.39. The summed E-state index contributed by atoms with van der Waals surface area (Å²) in [6, 6.07) is 19.4. The number of nitrogens with two attached hydrogens (primary N) is 1. The van der Waals surface area contributed by atoms with E-state index in [9.17, 15) is 4.79 Å². The molecule has 0 aliphatic carbocycles. The second-order valence-corrected chi connectivity index (χ2v) is 7.85. The van der Waals surface area contributed by atoms with Crippen LogP contribution < -0.4 is 15.2 Å². The Morgan fingerprint density at radius 2 is 1.65 bits per heavy atom. The summed E-state index contributed by atoms with van der Waals surface area (Å²) in [5.74, 6) is 0.471. The van der Waals surface area contributed by atoms with Crippen LogP contribution in [0.3, 0.4) is 0 Å². The summed E-state index contributed by atoms with van der Waals surface area (Å²) < 4.78 is 11.5. The smallest absolute Gasteiger partial charge is 0.328 e. The zero-order valence-electron chi connectivity index (χ0n) is 18.9. The first-order chi connectivity index (χ1) is 16.5. The van der Waals surface area contributed by atoms with E-state index in [4.69, 9.17) is 25.7 Å². The first kappa shape index (κ1) is 22.9. The number of hydrogen-bond acceptors (Lipinski definition) is 5. The number of hydrogen-bond donors (Lipinski definition) is 3. The maximum Gasteiger partial charge on any atom is 0.328 e. The van der Waals surface area contributed by atoms with Crippen LogP contribution in [0.2, 0.25) is 0 Å². The SMILES string of the molecule is CC/C(=C(/c1ccc(/C=C/C(=O)O)cc1)c1ccc(N)c(C=N)c1)c1ccc2c(c1)OCCO2. The highest BCUT2D eigenvalue weighted by molar-refractivity contribution is 6.00. The molecule has 34 heavy (non-hydrogen) atoms. The summed E-state index contributed by atoms with van der Waals surface area (Å²) in [6.45, 7) is 3.15. The number of aliphatic carboxylic acids is 1. The molecule has 0 amide bonds. The Balaban J connectivity index is 1.90. The molecular weight excluding hydrogens is 428 g/mol. The van der Waals surface area contributed by atoms with Gasteiger partial charge in [-0.25, -0.2) is 4.79 Å². The van der Waals surface area contributed by atoms with E-state index >= 15 is 0 Å². The molecule has 6 nitrogen and oxygen atoms in total. The zero-order chi connectivity index (χ0) is 24.1. The third kappa shape index (κ3) is 4.86. The van der Waals surface area contributed by atoms with Crippen molar-refractivity contribution in [3.05, 3.63) is 94.6 Å². The van der Waals surface area contributed by atoms with Crippen molar-refractivity contribution in [2.24, 2.45) is 0 Å². The molecule has 1 aliphatic heterocycles. The Hall–Kier alpha value is -4.32. The number of carbonyl (C=O) groups is 1. The lowest BCUT2D eigenvalue weighted by atomic mass is 9.87. The van der Waals surface area contributed by atoms with Crippen LogP contribution in [0.5, 0.6) is 11.5 Å². The second kappa shape index (κ2) is 10.1. The molecule has 4 N–H and O–H groups in total. The molecule has 6 heteroatoms. The van der Waals surface area contributed by atoms with Gasteiger partial charge in [-0.3, -0.25) is 0 Å². The molecule has 0 saturated carbocycles. The highest BCUT2D eigenvalue weighted by atomic mass is 16.6. The normalized spacial score (nSPS) is 13.4. The van der Waals surface area contributed by atoms with Crippen molar-refractivity contribution < 1.29 is 19.4 Å². The number of rotatable bonds is 7. The van der Waals surface area contributed by atoms with Crippen molar-refractivity contribution in [2.45, 2.75) is 13.3 Å². The zero-order valence-corrected chi connectivity index (χ0v) is 18.9. The average molecular weight is 455 g/mol. The van der Waals surface area contributed by atoms with Crippen molar-refractivity contribution >= 4 is 35.1 Å². The van der Waals surface area contributed by atoms with Gasteiger partial charge in [-0.05, 0) is 70.2 Å². The molecule has 3 aromatic carbocycles. The lowest BCUT2D eigenvalue weighted by Crippen LogP contribution is -2.15. The summed E-state index contributed by atoms with van der Waals surface area (Å²) in [5, 5.41) is 16.7. The van der Waals surface area contributed by atoms with E-state index in [-0.39, 0.29) is 0 Å². The van der Waals surface area contributed by atoms with Gasteiger partial charge in [0, 0.05) is 23.5 Å². The van der Waals surface area contributed by atoms with E-state index in [0.29, 0.717) is 24.5 Å². The Bertz CT molecular complexity index is 1290. The highest BCUT2D eigenvalue weighted by Gasteiger charge is 2.18. The van der Waals surface area contributed by atoms with Gasteiger partial charge in [0.05, 0.1) is 0 Å². The van der Waals surface area contributed by atoms with Gasteiger partial charge < -0.3 is 25.7 Å². The monoisotopic (exact) mass is 454 g/mol. The van der Waals surface area contributed by atoms with E-state index < -0.39 is 5.97 Å². The minimum Gasteiger partial charge on any atom is -0.486 e. The molecule has 172 valence electrons. The van der Waals surface area contributed by atoms with Crippen LogP contribution >= 0.6 is 0 Å². The predicted molar refractivity (Wildman–Crippen MR) is 135 cm³/mol. The lowest BCUT2D eigenvalue weighted by molar-refractivity contribution is -0.131. The molecule has 0 radical (unpaired) electrons. The van der Waals surface area contributed by atoms with Crippen LogP contribution in [-0.4, -0.2) is 30.5 Å². The van der Waals surface area contributed by atoms with Crippen molar-refractivity contribution in [2.75, 3.05) is 18.9 Å². The second-order valence-electron chi connectivity index (χ2n) is 7.85. The Kier molecular flexibility index (Phi) is 6.78. The molecule has 0 saturated heterocycles. The molecule has 0 aromatic heterocycles. The van der Waals surface area contributed by atoms with E-state index in [0.717, 1.165) is 57.4 Å². The van der Waals surface area contributed by atoms with Crippen LogP contribution in [0.4, 0.5) is 5.69 Å². The maximum atomic E-state index is 10.9. The minimum absolute atomic E-state index is 0.514. The molecule has 0 fully saturated rings. The van der Waals surface area contributed by atoms with Crippen LogP contribution in [-0.2, 0) is 4.79 Å². The average Bonchev–Trinajstić information content (AvgIpc) is 2.86. The number of nitrogens with one attached hydrogen (secondary N) is 1. The van der Waals surface area contributed by atoms with E-state index in [1.807, 2.05) is 60.7 Å². The van der Waals surface area contributed by atoms with Crippen molar-refractivity contribution in [1.29, 1.82) is 5.41 Å². The van der Waals surface area contributed by atoms with Gasteiger partial charge in [0.1, 0.15) is 13.2 Å². The van der Waals surface area contributed by atoms with Crippen molar-refractivity contribution in [1.82, 2.24) is 0 Å². The van der Waals surface area contributed by atoms with Crippen LogP contribution in [0.25, 0.3) is 17.2 Å². The minimum atomic E-state index is -0.988. The fraction of sp³-hybridized carbons (Fsp3) is 0.143. The number of carboxylic acid groups (broad SMARTS) is 1. The van der Waals surface area contributed by atoms with Crippen LogP contribution in [0, 0.1) is 5.41 Å². The van der Waals surface area contributed by atoms with Gasteiger partial charge in [0.2, 0.25) is 0 Å². The molecule has 0 bridgehead atoms. The summed E-state index contributed by atoms with van der Waals surface area (Å²) in [4.78, 5) is 10.9. The molecule has 0 spiro atoms. The van der Waals surface area contributed by atoms with Gasteiger partial charge in [-0.15, -0.1) is 0 Å². The maximum absolute atomic E-state index is 10.9. The van der Waals surface area contributed by atoms with Gasteiger partial charge in [0.25, 0.3) is 0 Å². The largest absolute Gasteiger partial charge is 0.486 e. The van der Waals surface area contributed by atoms with Gasteiger partial charge in [-0.2, -0.15) is 0 Å². The van der Waals surface area contributed by atoms with Gasteiger partial charge >= 0.3 is 5.97 Å². The number of allylic oxidation sites excluding steroid dienone is 1. The first-order valence-corrected chi connectivity index (χ1v) is 11.0. The third-order valence-corrected chi connectivity index (χ3v) is 5.69. The summed E-state index contributed by atoms with van der Waals surface area (Å²) in [7, 11) is 0. The van der Waals surface area contributed by atoms with E-state index in [1.165, 1.54) is 6.21 Å². The Morgan fingerprint density at radius 3 is 2.32 bits per heavy atom. The number of benzene rings is 3. The lowest BCUT2D eigenvalue weighted by Gasteiger charge is -2.21. The molecule has 4 rings (SSSR count). The van der Waals surface area contributed by atoms with E-state index in [2.05, 4.69) is 6.92 Å². The quantitative estimate of drug-likeness (QED) is 0.189. The predicted octanol–water partition coefficient (Wildman–Crippen LogP) is 5.50. The van der Waals surface area contributed by atoms with Crippen molar-refractivity contribution in [3.63, 3.8) is 0 Å². The molecule has 1 heterocycles. The summed E-state index contributed by atoms with van der Waals surface area (Å²) in [6.07, 6.45) is 4.69. The molecule has 3 aromatic rings. The van der Waals surface area contributed by atoms with Gasteiger partial charge in [0.15, 0.2) is 11.5 Å². The Labute approximate surface area is 198 Å². The number of fused-ring (bicyclic) bond motifs is 1. The fourth-order valence-corrected chi connectivity index (χ4v) is 4.06. The fourth-order valence-electron chi connectivity index (χ4n) is 4.06. The number of carboxylic acids is 1. The van der Waals surface area contributed by atoms with Crippen LogP contribution in [0.1, 0.15) is 41.2 Å². The third-order valence-electron chi connectivity index (χ3n) is 5.69. The molecular formula is C28H26N2O4. The standard InChI is InChI=1S/C28H26N2O4/c1-2-23(20-9-11-25-26(16-20)34-14-13-33-25)28(21-8-10-24(30)22(15-21)17-29)19-6-3-18(4-7-19)5-12-27(31)32/h3-12,15-17,29H,2,13-14,30H2,1H3,(H,31,32)/b12-5+,28-23+,29-17?. The number of ether oxygens (including phenoxy) is 2. The van der Waals surface area contributed by atoms with Gasteiger partial charge in [-0.1, -0.05) is 43.3 Å². The van der Waals surface area contributed by atoms with Crippen LogP contribution in [0.15, 0.2) is 66.7 Å². The molecule has 0 unspecified atom stereocenters. The Morgan fingerprint density at radius 1 is 0.971 bits per heavy atom. The first-order valence-electron chi connectivity index (χ1n) is 11.0. The molecule has 0 atom stereocenters. The number of anilines is 1.